The molecular weight excluding hydrogens is 180 g/mol. The second kappa shape index (κ2) is 3.37. The van der Waals surface area contributed by atoms with Crippen molar-refractivity contribution in [2.45, 2.75) is 6.92 Å². The van der Waals surface area contributed by atoms with Crippen LogP contribution in [0.15, 0.2) is 29.6 Å². The molecule has 0 bridgehead atoms. The Morgan fingerprint density at radius 1 is 1.14 bits per heavy atom. The fourth-order valence-corrected chi connectivity index (χ4v) is 1.03. The number of hydrogen-bond donors (Lipinski definition) is 1. The molecule has 5 heteroatoms. The summed E-state index contributed by atoms with van der Waals surface area (Å²) in [6.07, 6.45) is 4.58. The minimum Gasteiger partial charge on any atom is -0.313 e. The summed E-state index contributed by atoms with van der Waals surface area (Å²) in [5.41, 5.74) is 1.76. The van der Waals surface area contributed by atoms with Crippen LogP contribution in [0, 0.1) is 6.92 Å². The van der Waals surface area contributed by atoms with Crippen molar-refractivity contribution in [3.8, 4) is 11.4 Å². The van der Waals surface area contributed by atoms with E-state index < -0.39 is 0 Å². The molecule has 0 aromatic carbocycles. The number of hydrogen-bond acceptors (Lipinski definition) is 4. The van der Waals surface area contributed by atoms with Gasteiger partial charge in [-0.2, -0.15) is 0 Å². The lowest BCUT2D eigenvalue weighted by molar-refractivity contribution is 1.08. The molecule has 0 aliphatic rings. The van der Waals surface area contributed by atoms with Crippen molar-refractivity contribution in [1.82, 2.24) is 19.9 Å². The molecule has 2 heterocycles. The molecule has 0 spiro atoms. The zero-order chi connectivity index (χ0) is 9.97. The molecule has 2 aromatic rings. The molecule has 5 nitrogen and oxygen atoms in total. The maximum Gasteiger partial charge on any atom is 0.251 e. The molecule has 0 atom stereocenters. The van der Waals surface area contributed by atoms with E-state index in [0.717, 1.165) is 5.69 Å². The van der Waals surface area contributed by atoms with Gasteiger partial charge in [0.2, 0.25) is 0 Å². The minimum atomic E-state index is -0.197. The van der Waals surface area contributed by atoms with Gasteiger partial charge in [0.15, 0.2) is 0 Å². The summed E-state index contributed by atoms with van der Waals surface area (Å²) in [4.78, 5) is 25.6. The third-order valence-corrected chi connectivity index (χ3v) is 1.72. The molecular formula is C9H8N4O. The largest absolute Gasteiger partial charge is 0.313 e. The molecule has 70 valence electrons. The van der Waals surface area contributed by atoms with E-state index in [4.69, 9.17) is 0 Å². The average Bonchev–Trinajstić information content (AvgIpc) is 2.19. The number of aromatic nitrogens is 4. The summed E-state index contributed by atoms with van der Waals surface area (Å²) < 4.78 is 0. The van der Waals surface area contributed by atoms with Gasteiger partial charge in [0.25, 0.3) is 5.56 Å². The van der Waals surface area contributed by atoms with Gasteiger partial charge in [-0.1, -0.05) is 0 Å². The van der Waals surface area contributed by atoms with Crippen LogP contribution in [-0.4, -0.2) is 19.9 Å². The zero-order valence-corrected chi connectivity index (χ0v) is 7.56. The van der Waals surface area contributed by atoms with Gasteiger partial charge in [-0.15, -0.1) is 0 Å². The Morgan fingerprint density at radius 3 is 2.64 bits per heavy atom. The molecule has 1 N–H and O–H groups in total. The molecule has 0 aliphatic carbocycles. The Morgan fingerprint density at radius 2 is 2.00 bits per heavy atom. The van der Waals surface area contributed by atoms with Gasteiger partial charge in [-0.25, -0.2) is 4.98 Å². The van der Waals surface area contributed by atoms with Gasteiger partial charge >= 0.3 is 0 Å². The number of nitrogens with zero attached hydrogens (tertiary/aromatic N) is 3. The third kappa shape index (κ3) is 1.66. The standard InChI is InChI=1S/C9H8N4O/c1-6-3-11-8(4-10-6)7-2-9(14)13-5-12-7/h2-5H,1H3,(H,12,13,14). The van der Waals surface area contributed by atoms with E-state index in [1.165, 1.54) is 12.4 Å². The van der Waals surface area contributed by atoms with Crippen LogP contribution in [-0.2, 0) is 0 Å². The molecule has 0 radical (unpaired) electrons. The summed E-state index contributed by atoms with van der Waals surface area (Å²) in [6.45, 7) is 1.85. The van der Waals surface area contributed by atoms with Gasteiger partial charge in [0.1, 0.15) is 5.69 Å². The van der Waals surface area contributed by atoms with Crippen LogP contribution < -0.4 is 5.56 Å². The van der Waals surface area contributed by atoms with Crippen molar-refractivity contribution in [3.63, 3.8) is 0 Å². The van der Waals surface area contributed by atoms with Crippen molar-refractivity contribution in [2.75, 3.05) is 0 Å². The van der Waals surface area contributed by atoms with E-state index in [0.29, 0.717) is 11.4 Å². The highest BCUT2D eigenvalue weighted by Gasteiger charge is 2.00. The fraction of sp³-hybridized carbons (Fsp3) is 0.111. The van der Waals surface area contributed by atoms with Crippen LogP contribution in [0.1, 0.15) is 5.69 Å². The summed E-state index contributed by atoms with van der Waals surface area (Å²) in [6, 6.07) is 1.39. The summed E-state index contributed by atoms with van der Waals surface area (Å²) in [5.74, 6) is 0. The van der Waals surface area contributed by atoms with Gasteiger partial charge in [0.05, 0.1) is 23.9 Å². The maximum atomic E-state index is 11.0. The van der Waals surface area contributed by atoms with Crippen molar-refractivity contribution in [1.29, 1.82) is 0 Å². The molecule has 0 amide bonds. The van der Waals surface area contributed by atoms with E-state index in [1.54, 1.807) is 12.4 Å². The summed E-state index contributed by atoms with van der Waals surface area (Å²) >= 11 is 0. The first-order chi connectivity index (χ1) is 6.75. The lowest BCUT2D eigenvalue weighted by Crippen LogP contribution is -2.05. The molecule has 0 fully saturated rings. The number of H-pyrrole nitrogens is 1. The molecule has 2 aromatic heterocycles. The second-order valence-electron chi connectivity index (χ2n) is 2.84. The summed E-state index contributed by atoms with van der Waals surface area (Å²) in [7, 11) is 0. The monoisotopic (exact) mass is 188 g/mol. The molecule has 0 saturated heterocycles. The quantitative estimate of drug-likeness (QED) is 0.708. The first-order valence-corrected chi connectivity index (χ1v) is 4.09. The Hall–Kier alpha value is -2.04. The topological polar surface area (TPSA) is 71.5 Å². The molecule has 0 saturated carbocycles. The zero-order valence-electron chi connectivity index (χ0n) is 7.56. The van der Waals surface area contributed by atoms with E-state index in [9.17, 15) is 4.79 Å². The van der Waals surface area contributed by atoms with Gasteiger partial charge in [-0.3, -0.25) is 14.8 Å². The van der Waals surface area contributed by atoms with Crippen LogP contribution in [0.25, 0.3) is 11.4 Å². The van der Waals surface area contributed by atoms with E-state index >= 15 is 0 Å². The molecule has 2 rings (SSSR count). The number of aromatic amines is 1. The molecule has 14 heavy (non-hydrogen) atoms. The second-order valence-corrected chi connectivity index (χ2v) is 2.84. The predicted molar refractivity (Wildman–Crippen MR) is 50.6 cm³/mol. The highest BCUT2D eigenvalue weighted by molar-refractivity contribution is 5.51. The van der Waals surface area contributed by atoms with Crippen molar-refractivity contribution < 1.29 is 0 Å². The average molecular weight is 188 g/mol. The van der Waals surface area contributed by atoms with Crippen molar-refractivity contribution in [2.24, 2.45) is 0 Å². The van der Waals surface area contributed by atoms with Crippen molar-refractivity contribution in [3.05, 3.63) is 40.8 Å². The highest BCUT2D eigenvalue weighted by atomic mass is 16.1. The lowest BCUT2D eigenvalue weighted by Gasteiger charge is -1.97. The number of aryl methyl sites for hydroxylation is 1. The smallest absolute Gasteiger partial charge is 0.251 e. The molecule has 0 unspecified atom stereocenters. The first kappa shape index (κ1) is 8.55. The first-order valence-electron chi connectivity index (χ1n) is 4.09. The Balaban J connectivity index is 2.50. The Kier molecular flexibility index (Phi) is 2.06. The van der Waals surface area contributed by atoms with Crippen LogP contribution >= 0.6 is 0 Å². The number of rotatable bonds is 1. The van der Waals surface area contributed by atoms with Gasteiger partial charge in [0, 0.05) is 12.3 Å². The van der Waals surface area contributed by atoms with Crippen molar-refractivity contribution >= 4 is 0 Å². The SMILES string of the molecule is Cc1cnc(-c2cc(=O)[nH]cn2)cn1. The van der Waals surface area contributed by atoms with E-state index in [1.807, 2.05) is 6.92 Å². The summed E-state index contributed by atoms with van der Waals surface area (Å²) in [5, 5.41) is 0. The predicted octanol–water partition coefficient (Wildman–Crippen LogP) is 0.535. The lowest BCUT2D eigenvalue weighted by atomic mass is 10.3. The van der Waals surface area contributed by atoms with Crippen LogP contribution in [0.4, 0.5) is 0 Å². The Labute approximate surface area is 79.9 Å². The van der Waals surface area contributed by atoms with Crippen LogP contribution in [0.3, 0.4) is 0 Å². The highest BCUT2D eigenvalue weighted by Crippen LogP contribution is 2.08. The molecule has 0 aliphatic heterocycles. The van der Waals surface area contributed by atoms with Gasteiger partial charge in [-0.05, 0) is 6.92 Å². The van der Waals surface area contributed by atoms with Gasteiger partial charge < -0.3 is 4.98 Å². The number of nitrogens with one attached hydrogen (secondary N) is 1. The van der Waals surface area contributed by atoms with Crippen LogP contribution in [0.5, 0.6) is 0 Å². The van der Waals surface area contributed by atoms with E-state index in [2.05, 4.69) is 19.9 Å². The Bertz CT molecular complexity index is 489. The minimum absolute atomic E-state index is 0.197. The normalized spacial score (nSPS) is 10.1. The fourth-order valence-electron chi connectivity index (χ4n) is 1.03. The van der Waals surface area contributed by atoms with E-state index in [-0.39, 0.29) is 5.56 Å². The van der Waals surface area contributed by atoms with Crippen LogP contribution in [0.2, 0.25) is 0 Å². The third-order valence-electron chi connectivity index (χ3n) is 1.72. The maximum absolute atomic E-state index is 11.0.